The quantitative estimate of drug-likeness (QED) is 0.690. The Morgan fingerprint density at radius 3 is 3.10 bits per heavy atom. The van der Waals surface area contributed by atoms with E-state index in [1.807, 2.05) is 0 Å². The van der Waals surface area contributed by atoms with Gasteiger partial charge in [-0.05, 0) is 12.1 Å². The smallest absolute Gasteiger partial charge is 0.239 e. The third kappa shape index (κ3) is 1.80. The van der Waals surface area contributed by atoms with Crippen LogP contribution in [0.2, 0.25) is 0 Å². The van der Waals surface area contributed by atoms with Crippen LogP contribution < -0.4 is 10.3 Å². The number of hydrogen-bond donors (Lipinski definition) is 1. The first kappa shape index (κ1) is 7.71. The maximum atomic E-state index is 5.51. The highest BCUT2D eigenvalue weighted by molar-refractivity contribution is 8.00. The van der Waals surface area contributed by atoms with E-state index in [4.69, 9.17) is 10.3 Å². The van der Waals surface area contributed by atoms with Crippen molar-refractivity contribution < 1.29 is 4.52 Å². The van der Waals surface area contributed by atoms with Crippen molar-refractivity contribution in [1.82, 2.24) is 4.98 Å². The van der Waals surface area contributed by atoms with E-state index in [0.717, 1.165) is 0 Å². The molecule has 2 N–H and O–H groups in total. The average molecular weight is 174 g/mol. The lowest BCUT2D eigenvalue weighted by atomic mass is 10.4. The SMILES string of the molecule is Nc1cccnc1OPP. The maximum absolute atomic E-state index is 5.51. The normalized spacial score (nSPS) is 10.5. The second-order valence-electron chi connectivity index (χ2n) is 1.62. The third-order valence-electron chi connectivity index (χ3n) is 0.956. The van der Waals surface area contributed by atoms with Crippen molar-refractivity contribution in [3.05, 3.63) is 18.3 Å². The fourth-order valence-corrected chi connectivity index (χ4v) is 1.16. The Balaban J connectivity index is 2.81. The molecule has 0 aliphatic rings. The molecule has 0 saturated carbocycles. The number of hydrogen-bond acceptors (Lipinski definition) is 3. The zero-order chi connectivity index (χ0) is 7.40. The summed E-state index contributed by atoms with van der Waals surface area (Å²) in [7, 11) is 2.77. The molecule has 0 radical (unpaired) electrons. The molecule has 0 aliphatic carbocycles. The molecule has 5 heteroatoms. The van der Waals surface area contributed by atoms with Gasteiger partial charge in [-0.15, -0.1) is 0 Å². The van der Waals surface area contributed by atoms with E-state index in [-0.39, 0.29) is 0 Å². The minimum Gasteiger partial charge on any atom is -0.455 e. The molecule has 0 aliphatic heterocycles. The first-order valence-electron chi connectivity index (χ1n) is 2.67. The van der Waals surface area contributed by atoms with Crippen LogP contribution in [-0.4, -0.2) is 4.98 Å². The standard InChI is InChI=1S/C5H8N2OP2/c6-4-2-1-3-7-5(4)8-10-9/h1-3,10H,6,9H2. The van der Waals surface area contributed by atoms with E-state index < -0.39 is 0 Å². The lowest BCUT2D eigenvalue weighted by Gasteiger charge is -2.01. The van der Waals surface area contributed by atoms with Crippen LogP contribution in [0.25, 0.3) is 0 Å². The second-order valence-corrected chi connectivity index (χ2v) is 2.76. The zero-order valence-corrected chi connectivity index (χ0v) is 7.40. The molecule has 0 amide bonds. The van der Waals surface area contributed by atoms with Crippen molar-refractivity contribution >= 4 is 23.1 Å². The number of anilines is 1. The largest absolute Gasteiger partial charge is 0.455 e. The molecular weight excluding hydrogens is 166 g/mol. The molecule has 1 aromatic rings. The summed E-state index contributed by atoms with van der Waals surface area (Å²) in [6.45, 7) is 0. The Hall–Kier alpha value is -0.390. The van der Waals surface area contributed by atoms with Crippen molar-refractivity contribution in [3.8, 4) is 5.88 Å². The van der Waals surface area contributed by atoms with Gasteiger partial charge in [0.1, 0.15) is 0 Å². The Bertz CT molecular complexity index is 219. The van der Waals surface area contributed by atoms with E-state index in [1.54, 1.807) is 18.3 Å². The Morgan fingerprint density at radius 1 is 1.70 bits per heavy atom. The Kier molecular flexibility index (Phi) is 2.85. The zero-order valence-electron chi connectivity index (χ0n) is 5.24. The minimum atomic E-state index is 0.306. The molecule has 0 spiro atoms. The van der Waals surface area contributed by atoms with Gasteiger partial charge in [-0.3, -0.25) is 0 Å². The predicted octanol–water partition coefficient (Wildman–Crippen LogP) is 1.43. The molecule has 3 nitrogen and oxygen atoms in total. The van der Waals surface area contributed by atoms with Gasteiger partial charge in [-0.1, -0.05) is 8.93 Å². The van der Waals surface area contributed by atoms with Crippen molar-refractivity contribution in [2.24, 2.45) is 0 Å². The van der Waals surface area contributed by atoms with Gasteiger partial charge in [-0.25, -0.2) is 4.98 Å². The van der Waals surface area contributed by atoms with Crippen LogP contribution in [-0.2, 0) is 0 Å². The van der Waals surface area contributed by atoms with Crippen molar-refractivity contribution in [2.75, 3.05) is 5.73 Å². The number of nitrogen functional groups attached to an aromatic ring is 1. The molecule has 1 aromatic heterocycles. The molecule has 2 atom stereocenters. The minimum absolute atomic E-state index is 0.306. The average Bonchev–Trinajstić information content (AvgIpc) is 1.94. The first-order valence-corrected chi connectivity index (χ1v) is 5.39. The molecule has 2 unspecified atom stereocenters. The monoisotopic (exact) mass is 174 g/mol. The van der Waals surface area contributed by atoms with E-state index >= 15 is 0 Å². The molecule has 0 saturated heterocycles. The molecule has 1 heterocycles. The summed E-state index contributed by atoms with van der Waals surface area (Å²) in [4.78, 5) is 3.91. The number of rotatable bonds is 2. The fourth-order valence-electron chi connectivity index (χ4n) is 0.544. The van der Waals surface area contributed by atoms with Crippen LogP contribution in [0.4, 0.5) is 5.69 Å². The lowest BCUT2D eigenvalue weighted by Crippen LogP contribution is -1.90. The third-order valence-corrected chi connectivity index (χ3v) is 1.62. The summed E-state index contributed by atoms with van der Waals surface area (Å²) in [5.74, 6) is 0.510. The van der Waals surface area contributed by atoms with Gasteiger partial charge in [0.2, 0.25) is 5.88 Å². The van der Waals surface area contributed by atoms with Gasteiger partial charge in [0.05, 0.1) is 14.2 Å². The van der Waals surface area contributed by atoms with Crippen molar-refractivity contribution in [3.63, 3.8) is 0 Å². The summed E-state index contributed by atoms with van der Waals surface area (Å²) in [5.41, 5.74) is 6.10. The molecule has 0 fully saturated rings. The van der Waals surface area contributed by atoms with Crippen molar-refractivity contribution in [2.45, 2.75) is 0 Å². The van der Waals surface area contributed by atoms with E-state index in [9.17, 15) is 0 Å². The highest BCUT2D eigenvalue weighted by atomic mass is 32.0. The van der Waals surface area contributed by atoms with Crippen LogP contribution in [0, 0.1) is 0 Å². The van der Waals surface area contributed by atoms with Gasteiger partial charge in [0.15, 0.2) is 0 Å². The molecule has 10 heavy (non-hydrogen) atoms. The highest BCUT2D eigenvalue weighted by Gasteiger charge is 1.96. The van der Waals surface area contributed by atoms with Crippen LogP contribution >= 0.6 is 17.4 Å². The number of nitrogens with zero attached hydrogens (tertiary/aromatic N) is 1. The van der Waals surface area contributed by atoms with E-state index in [0.29, 0.717) is 20.1 Å². The van der Waals surface area contributed by atoms with Gasteiger partial charge in [0.25, 0.3) is 0 Å². The number of nitrogens with two attached hydrogens (primary N) is 1. The predicted molar refractivity (Wildman–Crippen MR) is 47.3 cm³/mol. The Labute approximate surface area is 63.3 Å². The Morgan fingerprint density at radius 2 is 2.50 bits per heavy atom. The van der Waals surface area contributed by atoms with Crippen LogP contribution in [0.15, 0.2) is 18.3 Å². The number of pyridine rings is 1. The summed E-state index contributed by atoms with van der Waals surface area (Å²) >= 11 is 0. The highest BCUT2D eigenvalue weighted by Crippen LogP contribution is 2.28. The second kappa shape index (κ2) is 3.70. The summed E-state index contributed by atoms with van der Waals surface area (Å²) < 4.78 is 5.09. The van der Waals surface area contributed by atoms with Crippen molar-refractivity contribution in [1.29, 1.82) is 0 Å². The topological polar surface area (TPSA) is 48.1 Å². The molecule has 0 bridgehead atoms. The summed E-state index contributed by atoms with van der Waals surface area (Å²) in [6, 6.07) is 3.53. The fraction of sp³-hybridized carbons (Fsp3) is 0. The first-order chi connectivity index (χ1) is 4.84. The molecule has 54 valence electrons. The van der Waals surface area contributed by atoms with Gasteiger partial charge >= 0.3 is 0 Å². The van der Waals surface area contributed by atoms with E-state index in [1.165, 1.54) is 0 Å². The van der Waals surface area contributed by atoms with Crippen LogP contribution in [0.1, 0.15) is 0 Å². The number of aromatic nitrogens is 1. The van der Waals surface area contributed by atoms with Gasteiger partial charge in [0, 0.05) is 6.20 Å². The molecule has 1 rings (SSSR count). The molecular formula is C5H8N2OP2. The summed E-state index contributed by atoms with van der Waals surface area (Å²) in [6.07, 6.45) is 1.65. The van der Waals surface area contributed by atoms with Gasteiger partial charge in [-0.2, -0.15) is 0 Å². The maximum Gasteiger partial charge on any atom is 0.239 e. The van der Waals surface area contributed by atoms with E-state index in [2.05, 4.69) is 13.9 Å². The summed E-state index contributed by atoms with van der Waals surface area (Å²) in [5, 5.41) is 0. The lowest BCUT2D eigenvalue weighted by molar-refractivity contribution is 0.616. The van der Waals surface area contributed by atoms with Crippen LogP contribution in [0.3, 0.4) is 0 Å². The molecule has 0 aromatic carbocycles. The van der Waals surface area contributed by atoms with Gasteiger partial charge < -0.3 is 10.3 Å². The van der Waals surface area contributed by atoms with Crippen LogP contribution in [0.5, 0.6) is 5.88 Å².